The van der Waals surface area contributed by atoms with Crippen LogP contribution in [0.1, 0.15) is 30.4 Å². The van der Waals surface area contributed by atoms with E-state index in [9.17, 15) is 4.79 Å². The molecule has 0 fully saturated rings. The Morgan fingerprint density at radius 2 is 1.89 bits per heavy atom. The molecule has 1 aromatic carbocycles. The maximum atomic E-state index is 11.8. The van der Waals surface area contributed by atoms with E-state index in [-0.39, 0.29) is 0 Å². The van der Waals surface area contributed by atoms with Crippen LogP contribution in [0.25, 0.3) is 0 Å². The van der Waals surface area contributed by atoms with Crippen molar-refractivity contribution < 1.29 is 4.79 Å². The highest BCUT2D eigenvalue weighted by molar-refractivity contribution is 5.78. The number of rotatable bonds is 7. The molecule has 3 nitrogen and oxygen atoms in total. The van der Waals surface area contributed by atoms with E-state index < -0.39 is 0 Å². The highest BCUT2D eigenvalue weighted by atomic mass is 16.1. The fraction of sp³-hybridized carbons (Fsp3) is 0.375. The molecule has 0 radical (unpaired) electrons. The topological polar surface area (TPSA) is 34.9 Å². The van der Waals surface area contributed by atoms with Gasteiger partial charge in [-0.25, -0.2) is 0 Å². The molecule has 0 N–H and O–H groups in total. The van der Waals surface area contributed by atoms with Crippen molar-refractivity contribution in [3.05, 3.63) is 53.9 Å². The first-order valence-corrected chi connectivity index (χ1v) is 6.77. The van der Waals surface area contributed by atoms with Crippen LogP contribution in [0, 0.1) is 0 Å². The third-order valence-corrected chi connectivity index (χ3v) is 3.21. The predicted octanol–water partition coefficient (Wildman–Crippen LogP) is 2.94. The second-order valence-corrected chi connectivity index (χ2v) is 4.90. The number of hydrogen-bond donors (Lipinski definition) is 0. The van der Waals surface area contributed by atoms with Gasteiger partial charge < -0.3 is 0 Å². The van der Waals surface area contributed by atoms with E-state index in [2.05, 4.69) is 17.2 Å². The number of Topliss-reactive ketones (excluding diaryl/α,β-unsaturated/α-hetero) is 1. The molecule has 0 unspecified atom stereocenters. The number of nitrogens with zero attached hydrogens (tertiary/aromatic N) is 2. The molecule has 1 aromatic heterocycles. The molecular formula is C16H20N2O. The average Bonchev–Trinajstić information content (AvgIpc) is 2.83. The summed E-state index contributed by atoms with van der Waals surface area (Å²) in [6, 6.07) is 10.3. The van der Waals surface area contributed by atoms with Gasteiger partial charge in [-0.3, -0.25) is 9.48 Å². The van der Waals surface area contributed by atoms with Crippen LogP contribution >= 0.6 is 0 Å². The summed E-state index contributed by atoms with van der Waals surface area (Å²) in [5, 5.41) is 4.10. The summed E-state index contributed by atoms with van der Waals surface area (Å²) in [6.07, 6.45) is 7.83. The predicted molar refractivity (Wildman–Crippen MR) is 75.9 cm³/mol. The van der Waals surface area contributed by atoms with Crippen LogP contribution in [-0.4, -0.2) is 15.6 Å². The molecule has 2 rings (SSSR count). The Kier molecular flexibility index (Phi) is 4.90. The number of carbonyl (C=O) groups excluding carboxylic acids is 1. The van der Waals surface area contributed by atoms with Crippen molar-refractivity contribution in [2.24, 2.45) is 7.05 Å². The van der Waals surface area contributed by atoms with Crippen LogP contribution in [0.15, 0.2) is 42.7 Å². The first kappa shape index (κ1) is 13.5. The Bertz CT molecular complexity index is 517. The first-order valence-electron chi connectivity index (χ1n) is 6.77. The fourth-order valence-corrected chi connectivity index (χ4v) is 2.14. The summed E-state index contributed by atoms with van der Waals surface area (Å²) in [5.74, 6) is 0.347. The summed E-state index contributed by atoms with van der Waals surface area (Å²) in [7, 11) is 1.89. The Hall–Kier alpha value is -1.90. The maximum Gasteiger partial charge on any atom is 0.133 e. The first-order chi connectivity index (χ1) is 9.24. The molecule has 0 bridgehead atoms. The van der Waals surface area contributed by atoms with Crippen molar-refractivity contribution in [2.75, 3.05) is 0 Å². The van der Waals surface area contributed by atoms with E-state index >= 15 is 0 Å². The van der Waals surface area contributed by atoms with Gasteiger partial charge in [-0.1, -0.05) is 30.3 Å². The van der Waals surface area contributed by atoms with E-state index in [0.29, 0.717) is 18.6 Å². The zero-order valence-corrected chi connectivity index (χ0v) is 11.4. The zero-order valence-electron chi connectivity index (χ0n) is 11.4. The van der Waals surface area contributed by atoms with Crippen molar-refractivity contribution in [3.8, 4) is 0 Å². The largest absolute Gasteiger partial charge is 0.300 e. The van der Waals surface area contributed by atoms with E-state index in [1.807, 2.05) is 37.6 Å². The number of ketones is 1. The van der Waals surface area contributed by atoms with Crippen molar-refractivity contribution in [1.82, 2.24) is 9.78 Å². The maximum absolute atomic E-state index is 11.8. The number of carbonyl (C=O) groups is 1. The number of benzene rings is 1. The normalized spacial score (nSPS) is 10.6. The van der Waals surface area contributed by atoms with Crippen LogP contribution in [-0.2, 0) is 24.7 Å². The molecule has 0 saturated carbocycles. The van der Waals surface area contributed by atoms with Gasteiger partial charge in [-0.2, -0.15) is 5.10 Å². The highest BCUT2D eigenvalue weighted by Gasteiger charge is 2.04. The van der Waals surface area contributed by atoms with E-state index in [1.165, 1.54) is 5.56 Å². The van der Waals surface area contributed by atoms with Gasteiger partial charge in [0.1, 0.15) is 5.78 Å². The molecule has 19 heavy (non-hydrogen) atoms. The van der Waals surface area contributed by atoms with Crippen LogP contribution < -0.4 is 0 Å². The minimum Gasteiger partial charge on any atom is -0.300 e. The summed E-state index contributed by atoms with van der Waals surface area (Å²) < 4.78 is 1.77. The molecule has 0 aliphatic heterocycles. The van der Waals surface area contributed by atoms with Gasteiger partial charge in [0, 0.05) is 26.1 Å². The van der Waals surface area contributed by atoms with Crippen molar-refractivity contribution >= 4 is 5.78 Å². The van der Waals surface area contributed by atoms with Crippen LogP contribution in [0.2, 0.25) is 0 Å². The highest BCUT2D eigenvalue weighted by Crippen LogP contribution is 2.08. The van der Waals surface area contributed by atoms with Gasteiger partial charge in [0.2, 0.25) is 0 Å². The molecule has 0 saturated heterocycles. The Morgan fingerprint density at radius 1 is 1.11 bits per heavy atom. The average molecular weight is 256 g/mol. The smallest absolute Gasteiger partial charge is 0.133 e. The van der Waals surface area contributed by atoms with E-state index in [4.69, 9.17) is 0 Å². The van der Waals surface area contributed by atoms with E-state index in [0.717, 1.165) is 24.8 Å². The molecule has 0 aliphatic carbocycles. The number of hydrogen-bond acceptors (Lipinski definition) is 2. The van der Waals surface area contributed by atoms with Gasteiger partial charge >= 0.3 is 0 Å². The number of aryl methyl sites for hydroxylation is 3. The van der Waals surface area contributed by atoms with Crippen LogP contribution in [0.5, 0.6) is 0 Å². The molecule has 100 valence electrons. The van der Waals surface area contributed by atoms with Gasteiger partial charge in [-0.05, 0) is 30.4 Å². The molecule has 2 aromatic rings. The molecular weight excluding hydrogens is 236 g/mol. The minimum absolute atomic E-state index is 0.347. The Balaban J connectivity index is 1.65. The SMILES string of the molecule is Cn1cc(CCC(=O)CCCc2ccccc2)cn1. The van der Waals surface area contributed by atoms with Crippen molar-refractivity contribution in [3.63, 3.8) is 0 Å². The standard InChI is InChI=1S/C16H20N2O/c1-18-13-15(12-17-18)10-11-16(19)9-5-8-14-6-3-2-4-7-14/h2-4,6-7,12-13H,5,8-11H2,1H3. The lowest BCUT2D eigenvalue weighted by molar-refractivity contribution is -0.119. The van der Waals surface area contributed by atoms with Crippen molar-refractivity contribution in [1.29, 1.82) is 0 Å². The monoisotopic (exact) mass is 256 g/mol. The molecule has 0 amide bonds. The fourth-order valence-electron chi connectivity index (χ4n) is 2.14. The summed E-state index contributed by atoms with van der Waals surface area (Å²) in [6.45, 7) is 0. The third kappa shape index (κ3) is 4.70. The van der Waals surface area contributed by atoms with Gasteiger partial charge in [0.05, 0.1) is 6.20 Å². The Morgan fingerprint density at radius 3 is 2.58 bits per heavy atom. The van der Waals surface area contributed by atoms with Gasteiger partial charge in [-0.15, -0.1) is 0 Å². The zero-order chi connectivity index (χ0) is 13.5. The lowest BCUT2D eigenvalue weighted by Crippen LogP contribution is -2.00. The summed E-state index contributed by atoms with van der Waals surface area (Å²) in [5.41, 5.74) is 2.45. The lowest BCUT2D eigenvalue weighted by Gasteiger charge is -2.01. The lowest BCUT2D eigenvalue weighted by atomic mass is 10.0. The molecule has 0 aliphatic rings. The van der Waals surface area contributed by atoms with Crippen molar-refractivity contribution in [2.45, 2.75) is 32.1 Å². The van der Waals surface area contributed by atoms with Crippen LogP contribution in [0.4, 0.5) is 0 Å². The van der Waals surface area contributed by atoms with Gasteiger partial charge in [0.25, 0.3) is 0 Å². The molecule has 3 heteroatoms. The quantitative estimate of drug-likeness (QED) is 0.763. The van der Waals surface area contributed by atoms with Crippen LogP contribution in [0.3, 0.4) is 0 Å². The molecule has 0 atom stereocenters. The van der Waals surface area contributed by atoms with E-state index in [1.54, 1.807) is 4.68 Å². The molecule has 0 spiro atoms. The third-order valence-electron chi connectivity index (χ3n) is 3.21. The second-order valence-electron chi connectivity index (χ2n) is 4.90. The Labute approximate surface area is 114 Å². The summed E-state index contributed by atoms with van der Waals surface area (Å²) in [4.78, 5) is 11.8. The number of aromatic nitrogens is 2. The van der Waals surface area contributed by atoms with Gasteiger partial charge in [0.15, 0.2) is 0 Å². The molecule has 1 heterocycles. The minimum atomic E-state index is 0.347. The second kappa shape index (κ2) is 6.88. The summed E-state index contributed by atoms with van der Waals surface area (Å²) >= 11 is 0.